The van der Waals surface area contributed by atoms with Gasteiger partial charge in [-0.3, -0.25) is 0 Å². The molecule has 5 saturated carbocycles. The summed E-state index contributed by atoms with van der Waals surface area (Å²) in [6.45, 7) is 2.60. The van der Waals surface area contributed by atoms with Gasteiger partial charge in [0.15, 0.2) is 0 Å². The zero-order valence-corrected chi connectivity index (χ0v) is 15.8. The van der Waals surface area contributed by atoms with E-state index in [0.717, 1.165) is 51.4 Å². The molecule has 2 bridgehead atoms. The average molecular weight is 349 g/mol. The van der Waals surface area contributed by atoms with E-state index in [4.69, 9.17) is 0 Å². The lowest BCUT2D eigenvalue weighted by Crippen LogP contribution is -2.64. The molecule has 2 spiro atoms. The van der Waals surface area contributed by atoms with Crippen LogP contribution in [0.3, 0.4) is 0 Å². The molecule has 3 heteroatoms. The van der Waals surface area contributed by atoms with Crippen molar-refractivity contribution in [1.82, 2.24) is 0 Å². The highest BCUT2D eigenvalue weighted by molar-refractivity contribution is 5.22. The molecule has 5 fully saturated rings. The molecule has 3 N–H and O–H groups in total. The Morgan fingerprint density at radius 2 is 1.68 bits per heavy atom. The molecule has 142 valence electrons. The highest BCUT2D eigenvalue weighted by atomic mass is 16.3. The first-order valence-electron chi connectivity index (χ1n) is 10.9. The normalized spacial score (nSPS) is 56.6. The first-order valence-corrected chi connectivity index (χ1v) is 10.9. The molecule has 3 nitrogen and oxygen atoms in total. The van der Waals surface area contributed by atoms with E-state index in [1.807, 2.05) is 0 Å². The quantitative estimate of drug-likeness (QED) is 0.678. The van der Waals surface area contributed by atoms with Crippen molar-refractivity contribution < 1.29 is 15.3 Å². The second kappa shape index (κ2) is 5.23. The number of aliphatic hydroxyl groups excluding tert-OH is 2. The van der Waals surface area contributed by atoms with Gasteiger partial charge in [0.1, 0.15) is 0 Å². The molecule has 0 radical (unpaired) electrons. The van der Waals surface area contributed by atoms with E-state index in [2.05, 4.69) is 6.92 Å². The van der Waals surface area contributed by atoms with Gasteiger partial charge in [-0.1, -0.05) is 26.2 Å². The molecule has 5 rings (SSSR count). The Morgan fingerprint density at radius 1 is 0.920 bits per heavy atom. The maximum Gasteiger partial charge on any atom is 0.0685 e. The van der Waals surface area contributed by atoms with Crippen LogP contribution in [0.5, 0.6) is 0 Å². The maximum absolute atomic E-state index is 11.6. The van der Waals surface area contributed by atoms with E-state index in [1.165, 1.54) is 25.7 Å². The third kappa shape index (κ3) is 2.09. The van der Waals surface area contributed by atoms with Gasteiger partial charge in [0.25, 0.3) is 0 Å². The Kier molecular flexibility index (Phi) is 3.56. The van der Waals surface area contributed by atoms with Crippen molar-refractivity contribution in [2.75, 3.05) is 6.61 Å². The molecule has 0 amide bonds. The lowest BCUT2D eigenvalue weighted by Gasteiger charge is -2.65. The van der Waals surface area contributed by atoms with E-state index < -0.39 is 5.60 Å². The van der Waals surface area contributed by atoms with E-state index in [0.29, 0.717) is 23.9 Å². The molecule has 0 aliphatic heterocycles. The highest BCUT2D eigenvalue weighted by Crippen LogP contribution is 2.78. The van der Waals surface area contributed by atoms with E-state index in [9.17, 15) is 15.3 Å². The molecule has 5 aliphatic rings. The van der Waals surface area contributed by atoms with Gasteiger partial charge in [0, 0.05) is 6.61 Å². The number of aliphatic hydroxyl groups is 3. The summed E-state index contributed by atoms with van der Waals surface area (Å²) in [7, 11) is 0. The monoisotopic (exact) mass is 348 g/mol. The fraction of sp³-hybridized carbons (Fsp3) is 1.00. The summed E-state index contributed by atoms with van der Waals surface area (Å²) in [4.78, 5) is 0. The SMILES string of the molecule is C[C@@]12CCC[C@@](O)(C1)[C@@H]1C[C@@]3(C[C@@H](CO)CC34CCCC4)[C@@H]1[C@@H](O)C2. The Morgan fingerprint density at radius 3 is 2.40 bits per heavy atom. The Bertz CT molecular complexity index is 555. The van der Waals surface area contributed by atoms with Gasteiger partial charge < -0.3 is 15.3 Å². The topological polar surface area (TPSA) is 60.7 Å². The summed E-state index contributed by atoms with van der Waals surface area (Å²) in [6.07, 6.45) is 13.3. The minimum absolute atomic E-state index is 0.114. The number of hydrogen-bond acceptors (Lipinski definition) is 3. The lowest BCUT2D eigenvalue weighted by molar-refractivity contribution is -0.227. The maximum atomic E-state index is 11.6. The van der Waals surface area contributed by atoms with Crippen molar-refractivity contribution in [3.63, 3.8) is 0 Å². The first kappa shape index (κ1) is 17.0. The van der Waals surface area contributed by atoms with Gasteiger partial charge in [-0.15, -0.1) is 0 Å². The summed E-state index contributed by atoms with van der Waals surface area (Å²) in [5.41, 5.74) is 0.114. The molecule has 7 atom stereocenters. The summed E-state index contributed by atoms with van der Waals surface area (Å²) in [5, 5.41) is 32.9. The van der Waals surface area contributed by atoms with E-state index in [1.54, 1.807) is 0 Å². The van der Waals surface area contributed by atoms with Crippen LogP contribution in [0.15, 0.2) is 0 Å². The first-order chi connectivity index (χ1) is 11.9. The van der Waals surface area contributed by atoms with E-state index >= 15 is 0 Å². The van der Waals surface area contributed by atoms with Crippen LogP contribution in [0, 0.1) is 34.0 Å². The highest BCUT2D eigenvalue weighted by Gasteiger charge is 2.73. The Balaban J connectivity index is 1.55. The van der Waals surface area contributed by atoms with Gasteiger partial charge in [-0.05, 0) is 91.8 Å². The van der Waals surface area contributed by atoms with Crippen molar-refractivity contribution in [2.24, 2.45) is 34.0 Å². The fourth-order valence-corrected chi connectivity index (χ4v) is 9.13. The minimum atomic E-state index is -0.544. The van der Waals surface area contributed by atoms with Gasteiger partial charge in [0.2, 0.25) is 0 Å². The van der Waals surface area contributed by atoms with Gasteiger partial charge in [-0.2, -0.15) is 0 Å². The number of fused-ring (bicyclic) bond motifs is 6. The molecular weight excluding hydrogens is 312 g/mol. The largest absolute Gasteiger partial charge is 0.396 e. The van der Waals surface area contributed by atoms with Crippen LogP contribution < -0.4 is 0 Å². The zero-order chi connectivity index (χ0) is 17.5. The van der Waals surface area contributed by atoms with Crippen LogP contribution in [0.25, 0.3) is 0 Å². The van der Waals surface area contributed by atoms with E-state index in [-0.39, 0.29) is 22.9 Å². The fourth-order valence-electron chi connectivity index (χ4n) is 9.13. The molecule has 5 aliphatic carbocycles. The Hall–Kier alpha value is -0.120. The van der Waals surface area contributed by atoms with Crippen LogP contribution in [-0.4, -0.2) is 33.6 Å². The number of hydrogen-bond donors (Lipinski definition) is 3. The third-order valence-corrected chi connectivity index (χ3v) is 9.79. The summed E-state index contributed by atoms with van der Waals surface area (Å²) in [5.74, 6) is 0.978. The summed E-state index contributed by atoms with van der Waals surface area (Å²) in [6, 6.07) is 0. The van der Waals surface area contributed by atoms with Gasteiger partial charge >= 0.3 is 0 Å². The predicted octanol–water partition coefficient (Wildman–Crippen LogP) is 3.65. The zero-order valence-electron chi connectivity index (χ0n) is 15.8. The lowest BCUT2D eigenvalue weighted by atomic mass is 9.40. The standard InChI is InChI=1S/C22H36O3/c1-19-5-4-8-22(25,14-19)16-11-21(18(16)17(24)12-19)10-15(13-23)9-20(21)6-2-3-7-20/h15-18,23-25H,2-14H2,1H3/t15-,16+,17-,18-,19-,21-,22+/m0/s1. The van der Waals surface area contributed by atoms with Crippen molar-refractivity contribution in [3.8, 4) is 0 Å². The molecule has 0 aromatic heterocycles. The van der Waals surface area contributed by atoms with Crippen molar-refractivity contribution in [2.45, 2.75) is 95.7 Å². The second-order valence-electron chi connectivity index (χ2n) is 11.2. The van der Waals surface area contributed by atoms with Crippen LogP contribution >= 0.6 is 0 Å². The molecule has 0 saturated heterocycles. The molecular formula is C22H36O3. The molecule has 0 heterocycles. The molecule has 25 heavy (non-hydrogen) atoms. The van der Waals surface area contributed by atoms with Crippen LogP contribution in [0.1, 0.15) is 84.0 Å². The van der Waals surface area contributed by atoms with Crippen molar-refractivity contribution in [1.29, 1.82) is 0 Å². The summed E-state index contributed by atoms with van der Waals surface area (Å²) >= 11 is 0. The molecule has 0 aromatic rings. The van der Waals surface area contributed by atoms with Crippen molar-refractivity contribution >= 4 is 0 Å². The summed E-state index contributed by atoms with van der Waals surface area (Å²) < 4.78 is 0. The molecule has 0 unspecified atom stereocenters. The molecule has 0 aromatic carbocycles. The van der Waals surface area contributed by atoms with Crippen molar-refractivity contribution in [3.05, 3.63) is 0 Å². The number of rotatable bonds is 1. The van der Waals surface area contributed by atoms with Gasteiger partial charge in [-0.25, -0.2) is 0 Å². The van der Waals surface area contributed by atoms with Gasteiger partial charge in [0.05, 0.1) is 11.7 Å². The third-order valence-electron chi connectivity index (χ3n) is 9.79. The van der Waals surface area contributed by atoms with Crippen LogP contribution in [0.4, 0.5) is 0 Å². The predicted molar refractivity (Wildman–Crippen MR) is 96.9 cm³/mol. The Labute approximate surface area is 152 Å². The second-order valence-corrected chi connectivity index (χ2v) is 11.2. The smallest absolute Gasteiger partial charge is 0.0685 e. The van der Waals surface area contributed by atoms with Crippen LogP contribution in [-0.2, 0) is 0 Å². The minimum Gasteiger partial charge on any atom is -0.396 e. The average Bonchev–Trinajstić information content (AvgIpc) is 3.09. The van der Waals surface area contributed by atoms with Crippen LogP contribution in [0.2, 0.25) is 0 Å².